The van der Waals surface area contributed by atoms with Crippen molar-refractivity contribution in [3.8, 4) is 84.4 Å². The fourth-order valence-electron chi connectivity index (χ4n) is 9.36. The van der Waals surface area contributed by atoms with Crippen molar-refractivity contribution in [2.75, 3.05) is 0 Å². The largest absolute Gasteiger partial charge is 0.504 e. The van der Waals surface area contributed by atoms with Crippen molar-refractivity contribution in [3.05, 3.63) is 169 Å². The van der Waals surface area contributed by atoms with E-state index in [1.807, 2.05) is 60.7 Å². The summed E-state index contributed by atoms with van der Waals surface area (Å²) >= 11 is 0. The first-order valence-electron chi connectivity index (χ1n) is 19.9. The molecule has 1 aromatic heterocycles. The molecular weight excluding hydrogens is 745 g/mol. The number of hydrogen-bond donors (Lipinski definition) is 5. The number of phenols is 5. The van der Waals surface area contributed by atoms with Crippen LogP contribution in [0.25, 0.3) is 105 Å². The highest BCUT2D eigenvalue weighted by atomic mass is 16.4. The van der Waals surface area contributed by atoms with Gasteiger partial charge in [-0.3, -0.25) is 0 Å². The zero-order valence-corrected chi connectivity index (χ0v) is 32.1. The fourth-order valence-corrected chi connectivity index (χ4v) is 9.36. The quantitative estimate of drug-likeness (QED) is 0.0675. The molecule has 0 saturated carbocycles. The fraction of sp³-hybridized carbons (Fsp3) is 0.0370. The second-order valence-corrected chi connectivity index (χ2v) is 15.4. The van der Waals surface area contributed by atoms with E-state index >= 15 is 0 Å². The summed E-state index contributed by atoms with van der Waals surface area (Å²) in [5.74, 6) is -3.42. The Morgan fingerprint density at radius 1 is 0.400 bits per heavy atom. The predicted octanol–water partition coefficient (Wildman–Crippen LogP) is 13.7. The number of allylic oxidation sites excluding steroid dienone is 1. The maximum atomic E-state index is 11.3. The normalized spacial score (nSPS) is 12.5. The van der Waals surface area contributed by atoms with Gasteiger partial charge in [-0.1, -0.05) is 140 Å². The highest BCUT2D eigenvalue weighted by Crippen LogP contribution is 2.58. The Morgan fingerprint density at radius 2 is 0.950 bits per heavy atom. The number of aryl methyl sites for hydroxylation is 1. The van der Waals surface area contributed by atoms with E-state index in [0.717, 1.165) is 95.6 Å². The summed E-state index contributed by atoms with van der Waals surface area (Å²) in [5.41, 5.74) is 10.8. The summed E-state index contributed by atoms with van der Waals surface area (Å²) < 4.78 is 6.51. The van der Waals surface area contributed by atoms with Crippen LogP contribution in [0.4, 0.5) is 0 Å². The topological polar surface area (TPSA) is 114 Å². The van der Waals surface area contributed by atoms with Crippen LogP contribution in [0.1, 0.15) is 17.7 Å². The van der Waals surface area contributed by atoms with Crippen molar-refractivity contribution in [3.63, 3.8) is 0 Å². The van der Waals surface area contributed by atoms with E-state index in [4.69, 9.17) is 4.42 Å². The van der Waals surface area contributed by atoms with Crippen LogP contribution in [0.3, 0.4) is 0 Å². The first-order chi connectivity index (χ1) is 29.4. The van der Waals surface area contributed by atoms with Crippen molar-refractivity contribution < 1.29 is 29.9 Å². The Kier molecular flexibility index (Phi) is 7.97. The molecule has 1 heterocycles. The number of furan rings is 1. The lowest BCUT2D eigenvalue weighted by atomic mass is 9.82. The molecule has 0 unspecified atom stereocenters. The van der Waals surface area contributed by atoms with Gasteiger partial charge in [0, 0.05) is 22.1 Å². The van der Waals surface area contributed by atoms with Crippen LogP contribution >= 0.6 is 0 Å². The Labute approximate surface area is 344 Å². The standard InChI is InChI=1S/C54H36O6/c55-50-49(51(56)53(58)54(59)52(50)57)47-39-18-8-6-16-37(39)46(38-17-7-9-19-40(38)47)42-29-34(28-33-14-4-5-15-35(33)42)36-26-27-44-48(41-20-10-11-21-43(41)60-44)45(36)32-24-22-31(23-25-32)30-12-2-1-3-13-30/h1-9,11-19,21-29,55-59H,10,20H2. The van der Waals surface area contributed by atoms with Gasteiger partial charge in [0.05, 0.1) is 5.56 Å². The smallest absolute Gasteiger partial charge is 0.208 e. The molecule has 0 bridgehead atoms. The molecule has 6 nitrogen and oxygen atoms in total. The molecule has 0 radical (unpaired) electrons. The molecule has 10 aromatic rings. The van der Waals surface area contributed by atoms with Gasteiger partial charge < -0.3 is 29.9 Å². The van der Waals surface area contributed by atoms with E-state index in [1.54, 1.807) is 0 Å². The number of aromatic hydroxyl groups is 5. The van der Waals surface area contributed by atoms with Crippen LogP contribution in [-0.2, 0) is 6.42 Å². The Bertz CT molecular complexity index is 3330. The lowest BCUT2D eigenvalue weighted by Gasteiger charge is -2.21. The van der Waals surface area contributed by atoms with Gasteiger partial charge in [-0.2, -0.15) is 0 Å². The van der Waals surface area contributed by atoms with Gasteiger partial charge in [0.25, 0.3) is 0 Å². The molecule has 0 saturated heterocycles. The van der Waals surface area contributed by atoms with Crippen molar-refractivity contribution in [1.29, 1.82) is 0 Å². The summed E-state index contributed by atoms with van der Waals surface area (Å²) in [6.07, 6.45) is 6.08. The maximum Gasteiger partial charge on any atom is 0.208 e. The van der Waals surface area contributed by atoms with Crippen LogP contribution in [-0.4, -0.2) is 25.5 Å². The summed E-state index contributed by atoms with van der Waals surface area (Å²) in [6, 6.07) is 51.8. The third-order valence-corrected chi connectivity index (χ3v) is 12.1. The van der Waals surface area contributed by atoms with Gasteiger partial charge >= 0.3 is 0 Å². The van der Waals surface area contributed by atoms with Crippen LogP contribution in [0.5, 0.6) is 28.7 Å². The van der Waals surface area contributed by atoms with E-state index in [2.05, 4.69) is 103 Å². The molecule has 0 atom stereocenters. The zero-order chi connectivity index (χ0) is 40.6. The molecular formula is C54H36O6. The maximum absolute atomic E-state index is 11.3. The Morgan fingerprint density at radius 3 is 1.62 bits per heavy atom. The van der Waals surface area contributed by atoms with Crippen LogP contribution < -0.4 is 0 Å². The summed E-state index contributed by atoms with van der Waals surface area (Å²) in [5, 5.41) is 60.4. The zero-order valence-electron chi connectivity index (χ0n) is 32.1. The minimum atomic E-state index is -1.00. The van der Waals surface area contributed by atoms with E-state index in [-0.39, 0.29) is 5.56 Å². The second-order valence-electron chi connectivity index (χ2n) is 15.4. The van der Waals surface area contributed by atoms with E-state index < -0.39 is 28.7 Å². The van der Waals surface area contributed by atoms with Crippen molar-refractivity contribution in [2.45, 2.75) is 12.8 Å². The summed E-state index contributed by atoms with van der Waals surface area (Å²) in [6.45, 7) is 0. The van der Waals surface area contributed by atoms with Crippen molar-refractivity contribution in [2.24, 2.45) is 0 Å². The van der Waals surface area contributed by atoms with Gasteiger partial charge in [0.1, 0.15) is 11.3 Å². The molecule has 0 fully saturated rings. The first kappa shape index (κ1) is 35.2. The third-order valence-electron chi connectivity index (χ3n) is 12.1. The highest BCUT2D eigenvalue weighted by Gasteiger charge is 2.29. The monoisotopic (exact) mass is 780 g/mol. The van der Waals surface area contributed by atoms with Gasteiger partial charge in [-0.25, -0.2) is 0 Å². The summed E-state index contributed by atoms with van der Waals surface area (Å²) in [7, 11) is 0. The first-order valence-corrected chi connectivity index (χ1v) is 19.9. The minimum absolute atomic E-state index is 0.185. The number of fused-ring (bicyclic) bond motifs is 6. The molecule has 0 aliphatic heterocycles. The average Bonchev–Trinajstić information content (AvgIpc) is 3.69. The van der Waals surface area contributed by atoms with Crippen LogP contribution in [0.15, 0.2) is 162 Å². The minimum Gasteiger partial charge on any atom is -0.504 e. The van der Waals surface area contributed by atoms with Gasteiger partial charge in [-0.15, -0.1) is 0 Å². The molecule has 288 valence electrons. The second kappa shape index (κ2) is 13.6. The molecule has 11 rings (SSSR count). The third kappa shape index (κ3) is 5.28. The number of hydrogen-bond acceptors (Lipinski definition) is 6. The molecule has 0 spiro atoms. The number of benzene rings is 9. The van der Waals surface area contributed by atoms with Crippen molar-refractivity contribution >= 4 is 49.4 Å². The number of rotatable bonds is 5. The van der Waals surface area contributed by atoms with Gasteiger partial charge in [0.15, 0.2) is 11.5 Å². The molecule has 60 heavy (non-hydrogen) atoms. The SMILES string of the molecule is Oc1c(O)c(O)c(-c2c3ccccc3c(-c3cc(-c4ccc5oc6c(c5c4-c4ccc(-c5ccccc5)cc4)CCC=C6)cc4ccccc34)c3ccccc23)c(O)c1O. The molecule has 0 amide bonds. The highest BCUT2D eigenvalue weighted by molar-refractivity contribution is 6.25. The average molecular weight is 781 g/mol. The molecule has 5 N–H and O–H groups in total. The molecule has 9 aromatic carbocycles. The van der Waals surface area contributed by atoms with Gasteiger partial charge in [-0.05, 0) is 108 Å². The van der Waals surface area contributed by atoms with Crippen molar-refractivity contribution in [1.82, 2.24) is 0 Å². The van der Waals surface area contributed by atoms with E-state index in [9.17, 15) is 25.5 Å². The Hall–Kier alpha value is -7.96. The number of phenolic OH excluding ortho intramolecular Hbond substituents is 5. The van der Waals surface area contributed by atoms with Crippen LogP contribution in [0.2, 0.25) is 0 Å². The molecule has 6 heteroatoms. The van der Waals surface area contributed by atoms with Crippen LogP contribution in [0, 0.1) is 0 Å². The van der Waals surface area contributed by atoms with Gasteiger partial charge in [0.2, 0.25) is 17.2 Å². The van der Waals surface area contributed by atoms with E-state index in [1.165, 1.54) is 5.56 Å². The lowest BCUT2D eigenvalue weighted by molar-refractivity contribution is 0.330. The molecule has 1 aliphatic rings. The Balaban J connectivity index is 1.22. The lowest BCUT2D eigenvalue weighted by Crippen LogP contribution is -1.95. The predicted molar refractivity (Wildman–Crippen MR) is 242 cm³/mol. The van der Waals surface area contributed by atoms with E-state index in [0.29, 0.717) is 16.3 Å². The molecule has 1 aliphatic carbocycles. The summed E-state index contributed by atoms with van der Waals surface area (Å²) in [4.78, 5) is 0.